The molecule has 3 nitrogen and oxygen atoms in total. The largest absolute Gasteiger partial charge is 0.462 e. The number of carbonyl (C=O) groups excluding carboxylic acids is 1. The molecule has 0 radical (unpaired) electrons. The summed E-state index contributed by atoms with van der Waals surface area (Å²) in [6.45, 7) is 2.10. The molecule has 0 spiro atoms. The Kier molecular flexibility index (Phi) is 5.45. The van der Waals surface area contributed by atoms with Gasteiger partial charge in [-0.25, -0.2) is 0 Å². The molecule has 1 aromatic carbocycles. The van der Waals surface area contributed by atoms with Gasteiger partial charge in [0.15, 0.2) is 0 Å². The van der Waals surface area contributed by atoms with Gasteiger partial charge in [-0.1, -0.05) is 31.9 Å². The van der Waals surface area contributed by atoms with Crippen molar-refractivity contribution in [3.63, 3.8) is 0 Å². The summed E-state index contributed by atoms with van der Waals surface area (Å²) in [5.41, 5.74) is 7.45. The molecule has 1 aromatic rings. The molecule has 1 saturated carbocycles. The summed E-state index contributed by atoms with van der Waals surface area (Å²) in [4.78, 5) is 12.4. The number of nitrogens with two attached hydrogens (primary N) is 1. The summed E-state index contributed by atoms with van der Waals surface area (Å²) in [6.07, 6.45) is 7.59. The normalized spacial score (nSPS) is 17.6. The smallest absolute Gasteiger partial charge is 0.313 e. The van der Waals surface area contributed by atoms with Crippen LogP contribution in [0.3, 0.4) is 0 Å². The van der Waals surface area contributed by atoms with E-state index >= 15 is 0 Å². The first-order chi connectivity index (χ1) is 9.70. The molecule has 0 amide bonds. The Morgan fingerprint density at radius 1 is 1.25 bits per heavy atom. The Morgan fingerprint density at radius 3 is 2.50 bits per heavy atom. The quantitative estimate of drug-likeness (QED) is 0.652. The van der Waals surface area contributed by atoms with Gasteiger partial charge in [0, 0.05) is 5.69 Å². The molecular weight excluding hydrogens is 250 g/mol. The van der Waals surface area contributed by atoms with E-state index in [1.54, 1.807) is 0 Å². The average molecular weight is 275 g/mol. The molecule has 20 heavy (non-hydrogen) atoms. The molecule has 1 atom stereocenters. The van der Waals surface area contributed by atoms with Crippen LogP contribution in [0.1, 0.15) is 63.4 Å². The zero-order chi connectivity index (χ0) is 14.4. The fourth-order valence-electron chi connectivity index (χ4n) is 2.87. The lowest BCUT2D eigenvalue weighted by atomic mass is 9.93. The van der Waals surface area contributed by atoms with Crippen molar-refractivity contribution in [3.05, 3.63) is 29.8 Å². The Balaban J connectivity index is 2.02. The Labute approximate surface area is 121 Å². The molecule has 110 valence electrons. The summed E-state index contributed by atoms with van der Waals surface area (Å²) in [5.74, 6) is -0.217. The molecule has 1 fully saturated rings. The van der Waals surface area contributed by atoms with Crippen LogP contribution in [0.4, 0.5) is 5.69 Å². The molecule has 1 aliphatic rings. The van der Waals surface area contributed by atoms with Crippen LogP contribution in [0.5, 0.6) is 0 Å². The molecule has 0 bridgehead atoms. The van der Waals surface area contributed by atoms with Gasteiger partial charge in [-0.15, -0.1) is 0 Å². The van der Waals surface area contributed by atoms with Gasteiger partial charge in [-0.3, -0.25) is 4.79 Å². The molecule has 0 aliphatic heterocycles. The second kappa shape index (κ2) is 7.32. The van der Waals surface area contributed by atoms with Gasteiger partial charge in [0.2, 0.25) is 0 Å². The highest BCUT2D eigenvalue weighted by molar-refractivity contribution is 5.78. The van der Waals surface area contributed by atoms with E-state index in [2.05, 4.69) is 6.92 Å². The number of esters is 1. The van der Waals surface area contributed by atoms with Crippen LogP contribution in [0.2, 0.25) is 0 Å². The lowest BCUT2D eigenvalue weighted by Crippen LogP contribution is -2.25. The zero-order valence-electron chi connectivity index (χ0n) is 12.3. The van der Waals surface area contributed by atoms with Crippen molar-refractivity contribution < 1.29 is 9.53 Å². The average Bonchev–Trinajstić information content (AvgIpc) is 2.47. The summed E-state index contributed by atoms with van der Waals surface area (Å²) in [7, 11) is 0. The first-order valence-corrected chi connectivity index (χ1v) is 7.76. The van der Waals surface area contributed by atoms with Crippen LogP contribution < -0.4 is 5.73 Å². The number of nitrogen functional groups attached to an aromatic ring is 1. The van der Waals surface area contributed by atoms with E-state index in [1.807, 2.05) is 24.3 Å². The zero-order valence-corrected chi connectivity index (χ0v) is 12.3. The SMILES string of the molecule is CCCC(C(=O)OC1CCCCC1)c1ccc(N)cc1. The summed E-state index contributed by atoms with van der Waals surface area (Å²) in [6, 6.07) is 7.59. The van der Waals surface area contributed by atoms with Gasteiger partial charge >= 0.3 is 5.97 Å². The minimum atomic E-state index is -0.150. The van der Waals surface area contributed by atoms with Crippen molar-refractivity contribution in [2.45, 2.75) is 63.9 Å². The maximum atomic E-state index is 12.4. The van der Waals surface area contributed by atoms with Crippen molar-refractivity contribution >= 4 is 11.7 Å². The second-order valence-corrected chi connectivity index (χ2v) is 5.70. The topological polar surface area (TPSA) is 52.3 Å². The maximum absolute atomic E-state index is 12.4. The van der Waals surface area contributed by atoms with Crippen molar-refractivity contribution in [2.24, 2.45) is 0 Å². The van der Waals surface area contributed by atoms with Gasteiger partial charge in [0.25, 0.3) is 0 Å². The second-order valence-electron chi connectivity index (χ2n) is 5.70. The first kappa shape index (κ1) is 14.9. The highest BCUT2D eigenvalue weighted by Gasteiger charge is 2.25. The van der Waals surface area contributed by atoms with Crippen molar-refractivity contribution in [1.82, 2.24) is 0 Å². The van der Waals surface area contributed by atoms with Crippen LogP contribution in [0.25, 0.3) is 0 Å². The van der Waals surface area contributed by atoms with E-state index < -0.39 is 0 Å². The fraction of sp³-hybridized carbons (Fsp3) is 0.588. The molecule has 3 heteroatoms. The van der Waals surface area contributed by atoms with Crippen molar-refractivity contribution in [2.75, 3.05) is 5.73 Å². The highest BCUT2D eigenvalue weighted by Crippen LogP contribution is 2.27. The van der Waals surface area contributed by atoms with E-state index in [1.165, 1.54) is 19.3 Å². The Bertz CT molecular complexity index is 421. The lowest BCUT2D eigenvalue weighted by molar-refractivity contribution is -0.152. The number of carbonyl (C=O) groups is 1. The van der Waals surface area contributed by atoms with Gasteiger partial charge in [0.05, 0.1) is 5.92 Å². The molecular formula is C17H25NO2. The third kappa shape index (κ3) is 3.99. The van der Waals surface area contributed by atoms with Crippen molar-refractivity contribution in [1.29, 1.82) is 0 Å². The molecule has 0 heterocycles. The molecule has 2 rings (SSSR count). The van der Waals surface area contributed by atoms with Gasteiger partial charge in [0.1, 0.15) is 6.10 Å². The van der Waals surface area contributed by atoms with Crippen LogP contribution in [-0.4, -0.2) is 12.1 Å². The Hall–Kier alpha value is -1.51. The number of hydrogen-bond acceptors (Lipinski definition) is 3. The number of anilines is 1. The number of hydrogen-bond donors (Lipinski definition) is 1. The third-order valence-electron chi connectivity index (χ3n) is 4.04. The van der Waals surface area contributed by atoms with Gasteiger partial charge < -0.3 is 10.5 Å². The maximum Gasteiger partial charge on any atom is 0.313 e. The number of benzene rings is 1. The van der Waals surface area contributed by atoms with Crippen LogP contribution in [-0.2, 0) is 9.53 Å². The van der Waals surface area contributed by atoms with E-state index in [0.29, 0.717) is 0 Å². The fourth-order valence-corrected chi connectivity index (χ4v) is 2.87. The summed E-state index contributed by atoms with van der Waals surface area (Å²) in [5, 5.41) is 0. The van der Waals surface area contributed by atoms with Crippen LogP contribution >= 0.6 is 0 Å². The van der Waals surface area contributed by atoms with E-state index in [-0.39, 0.29) is 18.0 Å². The monoisotopic (exact) mass is 275 g/mol. The minimum Gasteiger partial charge on any atom is -0.462 e. The summed E-state index contributed by atoms with van der Waals surface area (Å²) >= 11 is 0. The van der Waals surface area contributed by atoms with Crippen LogP contribution in [0.15, 0.2) is 24.3 Å². The van der Waals surface area contributed by atoms with Gasteiger partial charge in [-0.05, 0) is 49.8 Å². The van der Waals surface area contributed by atoms with Gasteiger partial charge in [-0.2, -0.15) is 0 Å². The number of rotatable bonds is 5. The van der Waals surface area contributed by atoms with E-state index in [4.69, 9.17) is 10.5 Å². The van der Waals surface area contributed by atoms with E-state index in [0.717, 1.165) is 36.9 Å². The highest BCUT2D eigenvalue weighted by atomic mass is 16.5. The van der Waals surface area contributed by atoms with Crippen molar-refractivity contribution in [3.8, 4) is 0 Å². The molecule has 1 unspecified atom stereocenters. The first-order valence-electron chi connectivity index (χ1n) is 7.76. The summed E-state index contributed by atoms with van der Waals surface area (Å²) < 4.78 is 5.72. The standard InChI is InChI=1S/C17H25NO2/c1-2-6-16(13-9-11-14(18)12-10-13)17(19)20-15-7-4-3-5-8-15/h9-12,15-16H,2-8,18H2,1H3. The molecule has 0 saturated heterocycles. The molecule has 1 aliphatic carbocycles. The molecule has 0 aromatic heterocycles. The predicted octanol–water partition coefficient (Wildman–Crippen LogP) is 4.03. The minimum absolute atomic E-state index is 0.0662. The number of ether oxygens (including phenoxy) is 1. The predicted molar refractivity (Wildman–Crippen MR) is 81.5 cm³/mol. The molecule has 2 N–H and O–H groups in total. The third-order valence-corrected chi connectivity index (χ3v) is 4.04. The lowest BCUT2D eigenvalue weighted by Gasteiger charge is -2.24. The van der Waals surface area contributed by atoms with Crippen LogP contribution in [0, 0.1) is 0 Å². The Morgan fingerprint density at radius 2 is 1.90 bits per heavy atom. The van der Waals surface area contributed by atoms with E-state index in [9.17, 15) is 4.79 Å².